The molecule has 38 valence electrons. The third-order valence-corrected chi connectivity index (χ3v) is 0. The first-order chi connectivity index (χ1) is 2.00. The zero-order chi connectivity index (χ0) is 4.00. The van der Waals surface area contributed by atoms with Crippen LogP contribution in [0.4, 0.5) is 0 Å². The van der Waals surface area contributed by atoms with Gasteiger partial charge in [0.25, 0.3) is 0 Å². The molecule has 2 nitrogen and oxygen atoms in total. The summed E-state index contributed by atoms with van der Waals surface area (Å²) in [4.78, 5) is 0. The fourth-order valence-corrected chi connectivity index (χ4v) is 0. The van der Waals surface area contributed by atoms with E-state index in [1.807, 2.05) is 15.9 Å². The average molecular weight is 163 g/mol. The summed E-state index contributed by atoms with van der Waals surface area (Å²) in [6.45, 7) is 0. The van der Waals surface area contributed by atoms with Crippen LogP contribution < -0.4 is 0 Å². The average Bonchev–Trinajstić information content (AvgIpc) is 1.50. The second kappa shape index (κ2) is 114. The van der Waals surface area contributed by atoms with Crippen molar-refractivity contribution < 1.29 is 41.4 Å². The van der Waals surface area contributed by atoms with Crippen LogP contribution in [0, 0.1) is 0 Å². The third kappa shape index (κ3) is 61.4. The van der Waals surface area contributed by atoms with Crippen molar-refractivity contribution in [3.05, 3.63) is 0 Å². The Morgan fingerprint density at radius 3 is 1.40 bits per heavy atom. The molecule has 0 bridgehead atoms. The summed E-state index contributed by atoms with van der Waals surface area (Å²) in [6.07, 6.45) is 0. The maximum absolute atomic E-state index is 8.00. The molecule has 0 saturated heterocycles. The molecule has 0 radical (unpaired) electrons. The molecule has 1 N–H and O–H groups in total. The SMILES string of the molecule is CO.[Ni].[O]=[Fe]. The number of rotatable bonds is 0. The van der Waals surface area contributed by atoms with Gasteiger partial charge in [-0.15, -0.1) is 0 Å². The van der Waals surface area contributed by atoms with Crippen LogP contribution in [0.2, 0.25) is 0 Å². The number of hydrogen-bond donors (Lipinski definition) is 1. The van der Waals surface area contributed by atoms with Gasteiger partial charge < -0.3 is 5.11 Å². The summed E-state index contributed by atoms with van der Waals surface area (Å²) in [5.41, 5.74) is 0. The molecule has 0 aromatic rings. The summed E-state index contributed by atoms with van der Waals surface area (Å²) in [5, 5.41) is 7.00. The number of aliphatic hydroxyl groups excluding tert-OH is 1. The topological polar surface area (TPSA) is 37.3 Å². The normalized spacial score (nSPS) is 2.20. The number of hydrogen-bond acceptors (Lipinski definition) is 2. The van der Waals surface area contributed by atoms with Crippen molar-refractivity contribution in [3.8, 4) is 0 Å². The van der Waals surface area contributed by atoms with Crippen LogP contribution in [-0.2, 0) is 36.3 Å². The van der Waals surface area contributed by atoms with Gasteiger partial charge in [-0.05, 0) is 0 Å². The minimum atomic E-state index is 0. The van der Waals surface area contributed by atoms with Gasteiger partial charge in [0.15, 0.2) is 0 Å². The van der Waals surface area contributed by atoms with Gasteiger partial charge in [0, 0.05) is 23.6 Å². The van der Waals surface area contributed by atoms with Crippen molar-refractivity contribution in [1.29, 1.82) is 0 Å². The first-order valence-electron chi connectivity index (χ1n) is 0.592. The van der Waals surface area contributed by atoms with E-state index in [0.717, 1.165) is 7.11 Å². The van der Waals surface area contributed by atoms with E-state index < -0.39 is 0 Å². The Labute approximate surface area is 48.9 Å². The first-order valence-corrected chi connectivity index (χ1v) is 1.04. The van der Waals surface area contributed by atoms with Crippen LogP contribution >= 0.6 is 0 Å². The first kappa shape index (κ1) is 17.1. The summed E-state index contributed by atoms with van der Waals surface area (Å²) in [6, 6.07) is 0. The second-order valence-electron chi connectivity index (χ2n) is 0. The fourth-order valence-electron chi connectivity index (χ4n) is 0. The second-order valence-corrected chi connectivity index (χ2v) is 0. The molecular formula is CH4FeNiO2. The standard InChI is InChI=1S/CH4O.Fe.Ni.O/c1-2;;;/h2H,1H3;;;. The molecule has 0 heterocycles. The van der Waals surface area contributed by atoms with Gasteiger partial charge in [0.1, 0.15) is 0 Å². The molecule has 4 heteroatoms. The quantitative estimate of drug-likeness (QED) is 0.487. The van der Waals surface area contributed by atoms with E-state index in [1.54, 1.807) is 0 Å². The Morgan fingerprint density at radius 2 is 1.40 bits per heavy atom. The van der Waals surface area contributed by atoms with Gasteiger partial charge in [-0.25, -0.2) is 0 Å². The molecule has 5 heavy (non-hydrogen) atoms. The zero-order valence-corrected chi connectivity index (χ0v) is 4.62. The number of aliphatic hydroxyl groups is 1. The molecule has 0 amide bonds. The van der Waals surface area contributed by atoms with Crippen molar-refractivity contribution in [1.82, 2.24) is 0 Å². The molecule has 0 unspecified atom stereocenters. The van der Waals surface area contributed by atoms with Crippen molar-refractivity contribution in [2.24, 2.45) is 0 Å². The fraction of sp³-hybridized carbons (Fsp3) is 1.00. The van der Waals surface area contributed by atoms with Crippen molar-refractivity contribution in [2.75, 3.05) is 7.11 Å². The van der Waals surface area contributed by atoms with Crippen LogP contribution in [0.5, 0.6) is 0 Å². The van der Waals surface area contributed by atoms with E-state index in [4.69, 9.17) is 8.94 Å². The van der Waals surface area contributed by atoms with E-state index >= 15 is 0 Å². The molecule has 0 aliphatic carbocycles. The monoisotopic (exact) mass is 162 g/mol. The van der Waals surface area contributed by atoms with Gasteiger partial charge in [-0.3, -0.25) is 0 Å². The molecule has 0 atom stereocenters. The van der Waals surface area contributed by atoms with Gasteiger partial charge in [-0.1, -0.05) is 0 Å². The molecule has 0 saturated carbocycles. The van der Waals surface area contributed by atoms with Gasteiger partial charge in [0.2, 0.25) is 0 Å². The molecule has 0 spiro atoms. The predicted molar refractivity (Wildman–Crippen MR) is 8.83 cm³/mol. The van der Waals surface area contributed by atoms with Gasteiger partial charge in [-0.2, -0.15) is 0 Å². The van der Waals surface area contributed by atoms with Crippen molar-refractivity contribution in [2.45, 2.75) is 0 Å². The van der Waals surface area contributed by atoms with E-state index in [1.165, 1.54) is 0 Å². The Kier molecular flexibility index (Phi) is 389. The Hall–Kier alpha value is 0.773. The van der Waals surface area contributed by atoms with Crippen molar-refractivity contribution in [3.63, 3.8) is 0 Å². The van der Waals surface area contributed by atoms with Crippen LogP contribution in [0.1, 0.15) is 0 Å². The molecule has 0 aliphatic rings. The molecule has 0 aromatic carbocycles. The molecule has 0 rings (SSSR count). The summed E-state index contributed by atoms with van der Waals surface area (Å²) in [5.74, 6) is 0. The minimum absolute atomic E-state index is 0. The van der Waals surface area contributed by atoms with Crippen LogP contribution in [0.15, 0.2) is 0 Å². The summed E-state index contributed by atoms with van der Waals surface area (Å²) in [7, 11) is 1.00. The predicted octanol–water partition coefficient (Wildman–Crippen LogP) is -0.515. The Morgan fingerprint density at radius 1 is 1.40 bits per heavy atom. The van der Waals surface area contributed by atoms with Crippen molar-refractivity contribution >= 4 is 0 Å². The van der Waals surface area contributed by atoms with Gasteiger partial charge in [0.05, 0.1) is 0 Å². The molecule has 0 aliphatic heterocycles. The van der Waals surface area contributed by atoms with E-state index in [9.17, 15) is 0 Å². The molecule has 0 aromatic heterocycles. The molecular weight excluding hydrogens is 159 g/mol. The Bertz CT molecular complexity index is 9.61. The zero-order valence-electron chi connectivity index (χ0n) is 2.53. The third-order valence-electron chi connectivity index (χ3n) is 0. The van der Waals surface area contributed by atoms with E-state index in [-0.39, 0.29) is 16.5 Å². The van der Waals surface area contributed by atoms with Crippen LogP contribution in [0.3, 0.4) is 0 Å². The van der Waals surface area contributed by atoms with E-state index in [0.29, 0.717) is 0 Å². The molecule has 0 fully saturated rings. The van der Waals surface area contributed by atoms with Gasteiger partial charge >= 0.3 is 19.8 Å². The van der Waals surface area contributed by atoms with E-state index in [2.05, 4.69) is 0 Å². The maximum atomic E-state index is 8.00. The van der Waals surface area contributed by atoms with Crippen LogP contribution in [-0.4, -0.2) is 12.2 Å². The summed E-state index contributed by atoms with van der Waals surface area (Å²) < 4.78 is 8.00. The van der Waals surface area contributed by atoms with Crippen LogP contribution in [0.25, 0.3) is 0 Å². The summed E-state index contributed by atoms with van der Waals surface area (Å²) >= 11 is 2.00. The Balaban J connectivity index is -0.0000000133.